The Morgan fingerprint density at radius 3 is 2.23 bits per heavy atom. The van der Waals surface area contributed by atoms with Crippen LogP contribution in [0.5, 0.6) is 0 Å². The highest BCUT2D eigenvalue weighted by Crippen LogP contribution is 2.24. The molecule has 2 aromatic carbocycles. The van der Waals surface area contributed by atoms with Crippen LogP contribution in [0.25, 0.3) is 10.8 Å². The molecule has 0 bridgehead atoms. The second kappa shape index (κ2) is 8.84. The highest BCUT2D eigenvalue weighted by Gasteiger charge is 2.00. The van der Waals surface area contributed by atoms with Gasteiger partial charge in [0.2, 0.25) is 0 Å². The first-order chi connectivity index (χ1) is 12.5. The summed E-state index contributed by atoms with van der Waals surface area (Å²) in [7, 11) is 0. The normalized spacial score (nSPS) is 10.2. The predicted octanol–water partition coefficient (Wildman–Crippen LogP) is 3.27. The Kier molecular flexibility index (Phi) is 6.28. The number of nitrogens with two attached hydrogens (primary N) is 1. The number of rotatable bonds is 4. The van der Waals surface area contributed by atoms with E-state index in [4.69, 9.17) is 15.9 Å². The average Bonchev–Trinajstić information content (AvgIpc) is 2.62. The van der Waals surface area contributed by atoms with Gasteiger partial charge in [-0.3, -0.25) is 4.98 Å². The summed E-state index contributed by atoms with van der Waals surface area (Å²) >= 11 is 0. The number of benzene rings is 2. The number of aliphatic carboxylic acids is 2. The van der Waals surface area contributed by atoms with Crippen molar-refractivity contribution in [3.05, 3.63) is 73.1 Å². The Hall–Kier alpha value is -3.87. The van der Waals surface area contributed by atoms with Crippen LogP contribution in [0.15, 0.2) is 73.1 Å². The quantitative estimate of drug-likeness (QED) is 0.531. The van der Waals surface area contributed by atoms with Gasteiger partial charge in [-0.1, -0.05) is 30.3 Å². The van der Waals surface area contributed by atoms with Gasteiger partial charge < -0.3 is 21.3 Å². The Morgan fingerprint density at radius 1 is 0.962 bits per heavy atom. The van der Waals surface area contributed by atoms with E-state index < -0.39 is 11.9 Å². The number of hydrogen-bond donors (Lipinski definition) is 4. The zero-order valence-electron chi connectivity index (χ0n) is 13.7. The molecule has 0 atom stereocenters. The van der Waals surface area contributed by atoms with Gasteiger partial charge in [0.05, 0.1) is 17.6 Å². The minimum atomic E-state index is -1.26. The molecular formula is C19H17N3O4. The first kappa shape index (κ1) is 18.5. The van der Waals surface area contributed by atoms with E-state index in [1.54, 1.807) is 18.5 Å². The van der Waals surface area contributed by atoms with Crippen LogP contribution in [0.3, 0.4) is 0 Å². The standard InChI is InChI=1S/C15H13N3.C4H4O4/c16-14-7-8-17-10-15(14)18-13-6-5-11-3-1-2-4-12(11)9-13;5-3(6)1-2-4(7)8/h1-10,18H,(H2,16,17);1-2H,(H,5,6)(H,7,8)/b;2-1-. The van der Waals surface area contributed by atoms with Gasteiger partial charge in [-0.25, -0.2) is 9.59 Å². The van der Waals surface area contributed by atoms with Crippen molar-refractivity contribution in [2.75, 3.05) is 11.1 Å². The fourth-order valence-electron chi connectivity index (χ4n) is 2.07. The number of aromatic nitrogens is 1. The van der Waals surface area contributed by atoms with Crippen molar-refractivity contribution < 1.29 is 19.8 Å². The Balaban J connectivity index is 0.000000260. The fraction of sp³-hybridized carbons (Fsp3) is 0. The van der Waals surface area contributed by atoms with Crippen molar-refractivity contribution in [3.8, 4) is 0 Å². The number of carbonyl (C=O) groups is 2. The predicted molar refractivity (Wildman–Crippen MR) is 100 cm³/mol. The molecule has 0 unspecified atom stereocenters. The van der Waals surface area contributed by atoms with Crippen molar-refractivity contribution in [3.63, 3.8) is 0 Å². The molecule has 132 valence electrons. The molecule has 0 fully saturated rings. The summed E-state index contributed by atoms with van der Waals surface area (Å²) in [5.41, 5.74) is 8.41. The molecule has 0 aliphatic carbocycles. The fourth-order valence-corrected chi connectivity index (χ4v) is 2.07. The van der Waals surface area contributed by atoms with Crippen molar-refractivity contribution in [1.29, 1.82) is 0 Å². The SMILES string of the molecule is Nc1ccncc1Nc1ccc2ccccc2c1.O=C(O)/C=C\C(=O)O. The highest BCUT2D eigenvalue weighted by molar-refractivity contribution is 5.89. The van der Waals surface area contributed by atoms with Crippen molar-refractivity contribution in [2.24, 2.45) is 0 Å². The van der Waals surface area contributed by atoms with Gasteiger partial charge in [0.15, 0.2) is 0 Å². The third-order valence-corrected chi connectivity index (χ3v) is 3.25. The molecular weight excluding hydrogens is 334 g/mol. The van der Waals surface area contributed by atoms with Gasteiger partial charge >= 0.3 is 11.9 Å². The number of pyridine rings is 1. The lowest BCUT2D eigenvalue weighted by Crippen LogP contribution is -1.96. The molecule has 1 heterocycles. The van der Waals surface area contributed by atoms with Gasteiger partial charge in [-0.2, -0.15) is 0 Å². The van der Waals surface area contributed by atoms with Crippen LogP contribution >= 0.6 is 0 Å². The van der Waals surface area contributed by atoms with Gasteiger partial charge in [0.25, 0.3) is 0 Å². The van der Waals surface area contributed by atoms with E-state index in [1.807, 2.05) is 18.2 Å². The van der Waals surface area contributed by atoms with Crippen LogP contribution in [0.4, 0.5) is 17.1 Å². The van der Waals surface area contributed by atoms with Crippen molar-refractivity contribution >= 4 is 39.8 Å². The summed E-state index contributed by atoms with van der Waals surface area (Å²) in [6.45, 7) is 0. The average molecular weight is 351 g/mol. The number of fused-ring (bicyclic) bond motifs is 1. The molecule has 0 spiro atoms. The number of nitrogens with one attached hydrogen (secondary N) is 1. The van der Waals surface area contributed by atoms with Gasteiger partial charge in [-0.15, -0.1) is 0 Å². The van der Waals surface area contributed by atoms with Gasteiger partial charge in [0, 0.05) is 24.0 Å². The summed E-state index contributed by atoms with van der Waals surface area (Å²) in [5, 5.41) is 21.3. The van der Waals surface area contributed by atoms with Crippen LogP contribution in [0, 0.1) is 0 Å². The Bertz CT molecular complexity index is 938. The van der Waals surface area contributed by atoms with E-state index in [1.165, 1.54) is 10.8 Å². The second-order valence-electron chi connectivity index (χ2n) is 5.16. The topological polar surface area (TPSA) is 126 Å². The Morgan fingerprint density at radius 2 is 1.62 bits per heavy atom. The largest absolute Gasteiger partial charge is 0.478 e. The maximum Gasteiger partial charge on any atom is 0.328 e. The summed E-state index contributed by atoms with van der Waals surface area (Å²) < 4.78 is 0. The zero-order chi connectivity index (χ0) is 18.9. The first-order valence-electron chi connectivity index (χ1n) is 7.55. The van der Waals surface area contributed by atoms with Crippen molar-refractivity contribution in [2.45, 2.75) is 0 Å². The maximum atomic E-state index is 9.55. The number of carboxylic acid groups (broad SMARTS) is 2. The summed E-state index contributed by atoms with van der Waals surface area (Å²) in [5.74, 6) is -2.51. The molecule has 5 N–H and O–H groups in total. The number of anilines is 3. The third-order valence-electron chi connectivity index (χ3n) is 3.25. The van der Waals surface area contributed by atoms with Crippen molar-refractivity contribution in [1.82, 2.24) is 4.98 Å². The molecule has 0 saturated heterocycles. The molecule has 3 rings (SSSR count). The smallest absolute Gasteiger partial charge is 0.328 e. The van der Waals surface area contributed by atoms with E-state index >= 15 is 0 Å². The van der Waals surface area contributed by atoms with E-state index in [9.17, 15) is 9.59 Å². The summed E-state index contributed by atoms with van der Waals surface area (Å²) in [6.07, 6.45) is 4.52. The maximum absolute atomic E-state index is 9.55. The second-order valence-corrected chi connectivity index (χ2v) is 5.16. The van der Waals surface area contributed by atoms with Crippen LogP contribution in [0.2, 0.25) is 0 Å². The molecule has 3 aromatic rings. The molecule has 0 aliphatic heterocycles. The van der Waals surface area contributed by atoms with Crippen LogP contribution in [0.1, 0.15) is 0 Å². The van der Waals surface area contributed by atoms with Crippen LogP contribution in [-0.2, 0) is 9.59 Å². The molecule has 1 aromatic heterocycles. The minimum absolute atomic E-state index is 0.558. The summed E-state index contributed by atoms with van der Waals surface area (Å²) in [4.78, 5) is 23.2. The minimum Gasteiger partial charge on any atom is -0.478 e. The molecule has 26 heavy (non-hydrogen) atoms. The third kappa shape index (κ3) is 5.64. The number of carboxylic acids is 2. The van der Waals surface area contributed by atoms with Crippen LogP contribution < -0.4 is 11.1 Å². The zero-order valence-corrected chi connectivity index (χ0v) is 13.7. The molecule has 0 radical (unpaired) electrons. The number of hydrogen-bond acceptors (Lipinski definition) is 5. The summed E-state index contributed by atoms with van der Waals surface area (Å²) in [6, 6.07) is 16.3. The molecule has 7 heteroatoms. The van der Waals surface area contributed by atoms with Gasteiger partial charge in [-0.05, 0) is 29.0 Å². The lowest BCUT2D eigenvalue weighted by Gasteiger charge is -2.09. The molecule has 0 saturated carbocycles. The van der Waals surface area contributed by atoms with E-state index in [2.05, 4.69) is 34.6 Å². The highest BCUT2D eigenvalue weighted by atomic mass is 16.4. The molecule has 7 nitrogen and oxygen atoms in total. The number of nitrogen functional groups attached to an aromatic ring is 1. The van der Waals surface area contributed by atoms with E-state index in [0.717, 1.165) is 11.4 Å². The van der Waals surface area contributed by atoms with Crippen LogP contribution in [-0.4, -0.2) is 27.1 Å². The lowest BCUT2D eigenvalue weighted by molar-refractivity contribution is -0.134. The lowest BCUT2D eigenvalue weighted by atomic mass is 10.1. The molecule has 0 amide bonds. The number of nitrogens with zero attached hydrogens (tertiary/aromatic N) is 1. The first-order valence-corrected chi connectivity index (χ1v) is 7.55. The van der Waals surface area contributed by atoms with E-state index in [-0.39, 0.29) is 0 Å². The van der Waals surface area contributed by atoms with E-state index in [0.29, 0.717) is 17.8 Å². The molecule has 0 aliphatic rings. The Labute approximate surface area is 149 Å². The monoisotopic (exact) mass is 351 g/mol. The van der Waals surface area contributed by atoms with Gasteiger partial charge in [0.1, 0.15) is 0 Å².